The molecule has 0 spiro atoms. The molecule has 0 aliphatic heterocycles. The maximum absolute atomic E-state index is 12.3. The summed E-state index contributed by atoms with van der Waals surface area (Å²) in [6, 6.07) is 5.13. The molecule has 0 aromatic heterocycles. The molecule has 1 rings (SSSR count). The summed E-state index contributed by atoms with van der Waals surface area (Å²) in [4.78, 5) is 20.8. The summed E-state index contributed by atoms with van der Waals surface area (Å²) in [5.41, 5.74) is -0.475. The molecular formula is C12H16N2O6S. The van der Waals surface area contributed by atoms with Gasteiger partial charge in [-0.25, -0.2) is 12.7 Å². The molecule has 0 N–H and O–H groups in total. The van der Waals surface area contributed by atoms with E-state index in [1.54, 1.807) is 0 Å². The summed E-state index contributed by atoms with van der Waals surface area (Å²) in [7, 11) is -1.42. The number of benzene rings is 1. The minimum absolute atomic E-state index is 0.0590. The van der Waals surface area contributed by atoms with Crippen LogP contribution in [0.1, 0.15) is 12.8 Å². The van der Waals surface area contributed by atoms with Crippen molar-refractivity contribution in [1.29, 1.82) is 0 Å². The van der Waals surface area contributed by atoms with Gasteiger partial charge < -0.3 is 4.74 Å². The smallest absolute Gasteiger partial charge is 0.305 e. The van der Waals surface area contributed by atoms with E-state index in [4.69, 9.17) is 0 Å². The van der Waals surface area contributed by atoms with Gasteiger partial charge >= 0.3 is 5.97 Å². The van der Waals surface area contributed by atoms with Gasteiger partial charge in [-0.2, -0.15) is 0 Å². The molecule has 0 aliphatic rings. The molecule has 1 aromatic rings. The molecule has 0 fully saturated rings. The third kappa shape index (κ3) is 4.23. The lowest BCUT2D eigenvalue weighted by Crippen LogP contribution is -2.29. The van der Waals surface area contributed by atoms with Crippen LogP contribution >= 0.6 is 0 Å². The number of hydrogen-bond acceptors (Lipinski definition) is 6. The van der Waals surface area contributed by atoms with Crippen LogP contribution in [0.2, 0.25) is 0 Å². The van der Waals surface area contributed by atoms with E-state index in [1.807, 2.05) is 0 Å². The van der Waals surface area contributed by atoms with Crippen LogP contribution in [0.4, 0.5) is 5.69 Å². The van der Waals surface area contributed by atoms with Crippen LogP contribution in [0.5, 0.6) is 0 Å². The van der Waals surface area contributed by atoms with Crippen molar-refractivity contribution in [3.63, 3.8) is 0 Å². The van der Waals surface area contributed by atoms with Gasteiger partial charge in [0, 0.05) is 26.1 Å². The van der Waals surface area contributed by atoms with Crippen LogP contribution < -0.4 is 0 Å². The molecule has 0 saturated heterocycles. The van der Waals surface area contributed by atoms with E-state index in [0.717, 1.165) is 10.4 Å². The van der Waals surface area contributed by atoms with Crippen LogP contribution in [0, 0.1) is 10.1 Å². The third-order valence-electron chi connectivity index (χ3n) is 2.83. The Balaban J connectivity index is 2.90. The second-order valence-electron chi connectivity index (χ2n) is 4.23. The van der Waals surface area contributed by atoms with Crippen molar-refractivity contribution >= 4 is 21.7 Å². The SMILES string of the molecule is COC(=O)CCCN(C)S(=O)(=O)c1ccccc1[N+](=O)[O-]. The number of carbonyl (C=O) groups excluding carboxylic acids is 1. The molecule has 0 unspecified atom stereocenters. The number of nitrogens with zero attached hydrogens (tertiary/aromatic N) is 2. The zero-order valence-electron chi connectivity index (χ0n) is 11.7. The Hall–Kier alpha value is -2.00. The van der Waals surface area contributed by atoms with Gasteiger partial charge in [0.25, 0.3) is 5.69 Å². The van der Waals surface area contributed by atoms with E-state index in [1.165, 1.54) is 32.4 Å². The molecular weight excluding hydrogens is 300 g/mol. The van der Waals surface area contributed by atoms with Crippen LogP contribution in [-0.4, -0.2) is 44.3 Å². The lowest BCUT2D eigenvalue weighted by atomic mass is 10.3. The maximum atomic E-state index is 12.3. The molecule has 0 heterocycles. The Morgan fingerprint density at radius 1 is 1.38 bits per heavy atom. The molecule has 0 bridgehead atoms. The third-order valence-corrected chi connectivity index (χ3v) is 4.74. The Morgan fingerprint density at radius 3 is 2.57 bits per heavy atom. The summed E-state index contributed by atoms with van der Waals surface area (Å²) >= 11 is 0. The monoisotopic (exact) mass is 316 g/mol. The first-order valence-corrected chi connectivity index (χ1v) is 7.51. The summed E-state index contributed by atoms with van der Waals surface area (Å²) in [6.45, 7) is 0.0590. The normalized spacial score (nSPS) is 11.4. The highest BCUT2D eigenvalue weighted by molar-refractivity contribution is 7.89. The van der Waals surface area contributed by atoms with Crippen molar-refractivity contribution in [3.05, 3.63) is 34.4 Å². The van der Waals surface area contributed by atoms with Crippen molar-refractivity contribution in [2.24, 2.45) is 0 Å². The number of hydrogen-bond donors (Lipinski definition) is 0. The average Bonchev–Trinajstić information content (AvgIpc) is 2.46. The molecule has 0 saturated carbocycles. The first-order valence-electron chi connectivity index (χ1n) is 6.07. The van der Waals surface area contributed by atoms with Gasteiger partial charge in [-0.1, -0.05) is 12.1 Å². The van der Waals surface area contributed by atoms with E-state index < -0.39 is 26.6 Å². The Bertz CT molecular complexity index is 628. The minimum Gasteiger partial charge on any atom is -0.469 e. The zero-order chi connectivity index (χ0) is 16.0. The van der Waals surface area contributed by atoms with E-state index in [9.17, 15) is 23.3 Å². The maximum Gasteiger partial charge on any atom is 0.305 e. The van der Waals surface area contributed by atoms with E-state index in [2.05, 4.69) is 4.74 Å². The van der Waals surface area contributed by atoms with Gasteiger partial charge in [0.05, 0.1) is 12.0 Å². The van der Waals surface area contributed by atoms with E-state index >= 15 is 0 Å². The van der Waals surface area contributed by atoms with Crippen molar-refractivity contribution < 1.29 is 22.9 Å². The number of methoxy groups -OCH3 is 1. The van der Waals surface area contributed by atoms with Crippen LogP contribution in [0.15, 0.2) is 29.2 Å². The molecule has 8 nitrogen and oxygen atoms in total. The van der Waals surface area contributed by atoms with Crippen LogP contribution in [0.3, 0.4) is 0 Å². The number of para-hydroxylation sites is 1. The van der Waals surface area contributed by atoms with Crippen LogP contribution in [-0.2, 0) is 19.6 Å². The van der Waals surface area contributed by atoms with Crippen molar-refractivity contribution in [2.75, 3.05) is 20.7 Å². The zero-order valence-corrected chi connectivity index (χ0v) is 12.5. The minimum atomic E-state index is -3.98. The Morgan fingerprint density at radius 2 is 2.00 bits per heavy atom. The highest BCUT2D eigenvalue weighted by Crippen LogP contribution is 2.25. The fraction of sp³-hybridized carbons (Fsp3) is 0.417. The topological polar surface area (TPSA) is 107 Å². The second-order valence-corrected chi connectivity index (χ2v) is 6.24. The number of nitro groups is 1. The molecule has 0 aliphatic carbocycles. The Kier molecular flexibility index (Phi) is 5.79. The first-order chi connectivity index (χ1) is 9.80. The Labute approximate surface area is 122 Å². The molecule has 1 aromatic carbocycles. The number of esters is 1. The van der Waals surface area contributed by atoms with Gasteiger partial charge in [-0.05, 0) is 12.5 Å². The molecule has 0 atom stereocenters. The summed E-state index contributed by atoms with van der Waals surface area (Å²) in [5, 5.41) is 10.9. The standard InChI is InChI=1S/C12H16N2O6S/c1-13(9-5-8-12(15)20-2)21(18,19)11-7-4-3-6-10(11)14(16)17/h3-4,6-7H,5,8-9H2,1-2H3. The summed E-state index contributed by atoms with van der Waals surface area (Å²) in [6.07, 6.45) is 0.344. The lowest BCUT2D eigenvalue weighted by molar-refractivity contribution is -0.387. The van der Waals surface area contributed by atoms with Crippen LogP contribution in [0.25, 0.3) is 0 Å². The fourth-order valence-electron chi connectivity index (χ4n) is 1.66. The molecule has 9 heteroatoms. The number of carbonyl (C=O) groups is 1. The molecule has 116 valence electrons. The van der Waals surface area contributed by atoms with Crippen molar-refractivity contribution in [3.8, 4) is 0 Å². The number of nitro benzene ring substituents is 1. The number of ether oxygens (including phenoxy) is 1. The van der Waals surface area contributed by atoms with Gasteiger partial charge in [0.2, 0.25) is 10.0 Å². The van der Waals surface area contributed by atoms with Gasteiger partial charge in [0.1, 0.15) is 0 Å². The molecule has 0 amide bonds. The van der Waals surface area contributed by atoms with E-state index in [0.29, 0.717) is 0 Å². The highest BCUT2D eigenvalue weighted by Gasteiger charge is 2.28. The van der Waals surface area contributed by atoms with E-state index in [-0.39, 0.29) is 24.3 Å². The average molecular weight is 316 g/mol. The summed E-state index contributed by atoms with van der Waals surface area (Å²) in [5.74, 6) is -0.438. The quantitative estimate of drug-likeness (QED) is 0.424. The van der Waals surface area contributed by atoms with Crippen molar-refractivity contribution in [1.82, 2.24) is 4.31 Å². The predicted octanol–water partition coefficient (Wildman–Crippen LogP) is 1.17. The molecule has 0 radical (unpaired) electrons. The first kappa shape index (κ1) is 17.1. The lowest BCUT2D eigenvalue weighted by Gasteiger charge is -2.16. The fourth-order valence-corrected chi connectivity index (χ4v) is 3.02. The molecule has 21 heavy (non-hydrogen) atoms. The number of sulfonamides is 1. The predicted molar refractivity (Wildman–Crippen MR) is 74.2 cm³/mol. The van der Waals surface area contributed by atoms with Gasteiger partial charge in [-0.3, -0.25) is 14.9 Å². The van der Waals surface area contributed by atoms with Gasteiger partial charge in [-0.15, -0.1) is 0 Å². The largest absolute Gasteiger partial charge is 0.469 e. The second kappa shape index (κ2) is 7.14. The summed E-state index contributed by atoms with van der Waals surface area (Å²) < 4.78 is 30.1. The van der Waals surface area contributed by atoms with Gasteiger partial charge in [0.15, 0.2) is 4.90 Å². The number of rotatable bonds is 7. The highest BCUT2D eigenvalue weighted by atomic mass is 32.2. The van der Waals surface area contributed by atoms with Crippen molar-refractivity contribution in [2.45, 2.75) is 17.7 Å².